The predicted octanol–water partition coefficient (Wildman–Crippen LogP) is 3.04. The highest BCUT2D eigenvalue weighted by Crippen LogP contribution is 2.31. The second-order valence-electron chi connectivity index (χ2n) is 2.78. The molecule has 0 aliphatic heterocycles. The van der Waals surface area contributed by atoms with Gasteiger partial charge in [-0.05, 0) is 22.0 Å². The lowest BCUT2D eigenvalue weighted by Gasteiger charge is -1.91. The summed E-state index contributed by atoms with van der Waals surface area (Å²) in [5, 5.41) is 1.73. The average Bonchev–Trinajstić information content (AvgIpc) is 2.45. The van der Waals surface area contributed by atoms with Gasteiger partial charge in [0.15, 0.2) is 0 Å². The third-order valence-corrected chi connectivity index (χ3v) is 3.09. The topological polar surface area (TPSA) is 41.8 Å². The Morgan fingerprint density at radius 1 is 1.46 bits per heavy atom. The van der Waals surface area contributed by atoms with Crippen molar-refractivity contribution in [1.29, 1.82) is 0 Å². The van der Waals surface area contributed by atoms with Gasteiger partial charge >= 0.3 is 0 Å². The van der Waals surface area contributed by atoms with Crippen LogP contribution < -0.4 is 5.73 Å². The number of para-hydroxylation sites is 1. The van der Waals surface area contributed by atoms with E-state index in [1.54, 1.807) is 0 Å². The van der Waals surface area contributed by atoms with Crippen LogP contribution in [0.3, 0.4) is 0 Å². The Hall–Kier alpha value is -0.510. The van der Waals surface area contributed by atoms with Crippen LogP contribution >= 0.6 is 27.5 Å². The Balaban J connectivity index is 2.83. The zero-order chi connectivity index (χ0) is 9.42. The lowest BCUT2D eigenvalue weighted by Crippen LogP contribution is -1.96. The number of fused-ring (bicyclic) bond motifs is 1. The average molecular weight is 260 g/mol. The minimum atomic E-state index is 0.431. The molecule has 2 nitrogen and oxygen atoms in total. The third-order valence-electron chi connectivity index (χ3n) is 2.00. The van der Waals surface area contributed by atoms with Gasteiger partial charge in [0.05, 0.1) is 10.5 Å². The number of rotatable bonds is 1. The van der Waals surface area contributed by atoms with Crippen molar-refractivity contribution in [2.45, 2.75) is 6.54 Å². The molecule has 0 unspecified atom stereocenters. The molecular weight excluding hydrogens is 251 g/mol. The van der Waals surface area contributed by atoms with E-state index in [9.17, 15) is 0 Å². The van der Waals surface area contributed by atoms with Crippen molar-refractivity contribution in [3.05, 3.63) is 33.4 Å². The zero-order valence-electron chi connectivity index (χ0n) is 6.77. The molecule has 2 aromatic rings. The molecule has 4 heteroatoms. The van der Waals surface area contributed by atoms with E-state index in [2.05, 4.69) is 20.9 Å². The molecular formula is C9H8BrClN2. The van der Waals surface area contributed by atoms with Gasteiger partial charge in [0, 0.05) is 22.1 Å². The number of nitrogens with two attached hydrogens (primary N) is 1. The van der Waals surface area contributed by atoms with Crippen LogP contribution in [0.15, 0.2) is 22.7 Å². The van der Waals surface area contributed by atoms with Crippen molar-refractivity contribution in [2.75, 3.05) is 0 Å². The minimum Gasteiger partial charge on any atom is -0.355 e. The number of benzene rings is 1. The summed E-state index contributed by atoms with van der Waals surface area (Å²) in [4.78, 5) is 3.18. The summed E-state index contributed by atoms with van der Waals surface area (Å²) in [5.74, 6) is 0. The van der Waals surface area contributed by atoms with Crippen LogP contribution in [-0.4, -0.2) is 4.98 Å². The van der Waals surface area contributed by atoms with Gasteiger partial charge in [-0.1, -0.05) is 23.7 Å². The van der Waals surface area contributed by atoms with Crippen molar-refractivity contribution in [3.63, 3.8) is 0 Å². The summed E-state index contributed by atoms with van der Waals surface area (Å²) in [6.45, 7) is 0.431. The third kappa shape index (κ3) is 1.37. The standard InChI is InChI=1S/C9H8BrClN2/c10-6-3-1-2-5-8(11)7(4-12)13-9(5)6/h1-3,13H,4,12H2. The summed E-state index contributed by atoms with van der Waals surface area (Å²) in [5.41, 5.74) is 7.42. The first-order valence-electron chi connectivity index (χ1n) is 3.88. The smallest absolute Gasteiger partial charge is 0.0705 e. The molecule has 0 saturated carbocycles. The van der Waals surface area contributed by atoms with Crippen LogP contribution in [0.1, 0.15) is 5.69 Å². The second kappa shape index (κ2) is 3.33. The summed E-state index contributed by atoms with van der Waals surface area (Å²) in [6, 6.07) is 5.89. The lowest BCUT2D eigenvalue weighted by atomic mass is 10.2. The molecule has 1 aromatic heterocycles. The van der Waals surface area contributed by atoms with Crippen molar-refractivity contribution < 1.29 is 0 Å². The van der Waals surface area contributed by atoms with Gasteiger partial charge in [-0.25, -0.2) is 0 Å². The van der Waals surface area contributed by atoms with E-state index in [1.807, 2.05) is 18.2 Å². The Kier molecular flexibility index (Phi) is 2.32. The maximum Gasteiger partial charge on any atom is 0.0705 e. The molecule has 0 saturated heterocycles. The van der Waals surface area contributed by atoms with Gasteiger partial charge in [0.1, 0.15) is 0 Å². The zero-order valence-corrected chi connectivity index (χ0v) is 9.11. The first kappa shape index (κ1) is 9.06. The summed E-state index contributed by atoms with van der Waals surface area (Å²) in [6.07, 6.45) is 0. The Labute approximate surface area is 89.2 Å². The van der Waals surface area contributed by atoms with Crippen molar-refractivity contribution in [2.24, 2.45) is 5.73 Å². The minimum absolute atomic E-state index is 0.431. The number of H-pyrrole nitrogens is 1. The molecule has 2 rings (SSSR count). The molecule has 0 radical (unpaired) electrons. The van der Waals surface area contributed by atoms with E-state index in [0.29, 0.717) is 6.54 Å². The molecule has 1 heterocycles. The fourth-order valence-corrected chi connectivity index (χ4v) is 2.09. The van der Waals surface area contributed by atoms with E-state index in [1.165, 1.54) is 0 Å². The Morgan fingerprint density at radius 3 is 2.85 bits per heavy atom. The van der Waals surface area contributed by atoms with Crippen LogP contribution in [0, 0.1) is 0 Å². The molecule has 0 amide bonds. The van der Waals surface area contributed by atoms with Crippen LogP contribution in [0.2, 0.25) is 5.02 Å². The molecule has 1 aromatic carbocycles. The van der Waals surface area contributed by atoms with Crippen LogP contribution in [-0.2, 0) is 6.54 Å². The molecule has 0 atom stereocenters. The molecule has 3 N–H and O–H groups in total. The fourth-order valence-electron chi connectivity index (χ4n) is 1.34. The van der Waals surface area contributed by atoms with E-state index < -0.39 is 0 Å². The number of hydrogen-bond acceptors (Lipinski definition) is 1. The molecule has 0 aliphatic rings. The maximum atomic E-state index is 6.10. The maximum absolute atomic E-state index is 6.10. The first-order valence-corrected chi connectivity index (χ1v) is 5.05. The Morgan fingerprint density at radius 2 is 2.23 bits per heavy atom. The number of aromatic amines is 1. The van der Waals surface area contributed by atoms with E-state index >= 15 is 0 Å². The quantitative estimate of drug-likeness (QED) is 0.812. The molecule has 0 spiro atoms. The number of nitrogens with one attached hydrogen (secondary N) is 1. The van der Waals surface area contributed by atoms with Crippen LogP contribution in [0.5, 0.6) is 0 Å². The molecule has 0 fully saturated rings. The van der Waals surface area contributed by atoms with Crippen molar-refractivity contribution >= 4 is 38.4 Å². The molecule has 68 valence electrons. The van der Waals surface area contributed by atoms with Crippen LogP contribution in [0.25, 0.3) is 10.9 Å². The molecule has 0 bridgehead atoms. The SMILES string of the molecule is NCc1[nH]c2c(Br)cccc2c1Cl. The van der Waals surface area contributed by atoms with Gasteiger partial charge in [-0.15, -0.1) is 0 Å². The monoisotopic (exact) mass is 258 g/mol. The lowest BCUT2D eigenvalue weighted by molar-refractivity contribution is 1.02. The van der Waals surface area contributed by atoms with E-state index in [4.69, 9.17) is 17.3 Å². The molecule has 0 aliphatic carbocycles. The van der Waals surface area contributed by atoms with E-state index in [0.717, 1.165) is 26.1 Å². The first-order chi connectivity index (χ1) is 6.24. The van der Waals surface area contributed by atoms with Gasteiger partial charge in [-0.2, -0.15) is 0 Å². The summed E-state index contributed by atoms with van der Waals surface area (Å²) >= 11 is 9.54. The summed E-state index contributed by atoms with van der Waals surface area (Å²) < 4.78 is 1.01. The van der Waals surface area contributed by atoms with Gasteiger partial charge in [0.2, 0.25) is 0 Å². The molecule has 13 heavy (non-hydrogen) atoms. The van der Waals surface area contributed by atoms with Crippen molar-refractivity contribution in [3.8, 4) is 0 Å². The highest BCUT2D eigenvalue weighted by Gasteiger charge is 2.09. The largest absolute Gasteiger partial charge is 0.355 e. The normalized spacial score (nSPS) is 11.0. The van der Waals surface area contributed by atoms with Gasteiger partial charge < -0.3 is 10.7 Å². The van der Waals surface area contributed by atoms with Crippen LogP contribution in [0.4, 0.5) is 0 Å². The summed E-state index contributed by atoms with van der Waals surface area (Å²) in [7, 11) is 0. The number of aromatic nitrogens is 1. The number of hydrogen-bond donors (Lipinski definition) is 2. The highest BCUT2D eigenvalue weighted by atomic mass is 79.9. The Bertz CT molecular complexity index is 450. The van der Waals surface area contributed by atoms with Gasteiger partial charge in [0.25, 0.3) is 0 Å². The predicted molar refractivity (Wildman–Crippen MR) is 58.9 cm³/mol. The fraction of sp³-hybridized carbons (Fsp3) is 0.111. The van der Waals surface area contributed by atoms with E-state index in [-0.39, 0.29) is 0 Å². The van der Waals surface area contributed by atoms with Crippen molar-refractivity contribution in [1.82, 2.24) is 4.98 Å². The highest BCUT2D eigenvalue weighted by molar-refractivity contribution is 9.10. The number of halogens is 2. The second-order valence-corrected chi connectivity index (χ2v) is 4.02. The van der Waals surface area contributed by atoms with Gasteiger partial charge in [-0.3, -0.25) is 0 Å².